The molecule has 1 fully saturated rings. The van der Waals surface area contributed by atoms with E-state index in [1.54, 1.807) is 7.11 Å². The predicted octanol–water partition coefficient (Wildman–Crippen LogP) is 2.77. The molecule has 0 radical (unpaired) electrons. The summed E-state index contributed by atoms with van der Waals surface area (Å²) in [5.41, 5.74) is 0.997. The molecule has 0 amide bonds. The van der Waals surface area contributed by atoms with Crippen molar-refractivity contribution >= 4 is 11.7 Å². The number of hydrogen-bond acceptors (Lipinski definition) is 3. The highest BCUT2D eigenvalue weighted by atomic mass is 16.5. The fraction of sp³-hybridized carbons (Fsp3) is 0.533. The molecule has 1 saturated heterocycles. The highest BCUT2D eigenvalue weighted by Crippen LogP contribution is 2.41. The van der Waals surface area contributed by atoms with Gasteiger partial charge >= 0.3 is 5.97 Å². The molecule has 1 unspecified atom stereocenters. The summed E-state index contributed by atoms with van der Waals surface area (Å²) in [5, 5.41) is 8.96. The van der Waals surface area contributed by atoms with Crippen molar-refractivity contribution in [3.8, 4) is 5.75 Å². The van der Waals surface area contributed by atoms with E-state index in [1.807, 2.05) is 24.3 Å². The first-order chi connectivity index (χ1) is 8.94. The summed E-state index contributed by atoms with van der Waals surface area (Å²) in [6, 6.07) is 7.90. The third kappa shape index (κ3) is 2.83. The van der Waals surface area contributed by atoms with Gasteiger partial charge in [-0.25, -0.2) is 0 Å². The van der Waals surface area contributed by atoms with Crippen LogP contribution in [0.3, 0.4) is 0 Å². The maximum Gasteiger partial charge on any atom is 0.303 e. The summed E-state index contributed by atoms with van der Waals surface area (Å²) in [4.78, 5) is 13.2. The molecule has 1 heterocycles. The molecule has 2 rings (SSSR count). The molecule has 0 saturated carbocycles. The largest absolute Gasteiger partial charge is 0.495 e. The summed E-state index contributed by atoms with van der Waals surface area (Å²) >= 11 is 0. The number of nitrogens with zero attached hydrogens (tertiary/aromatic N) is 1. The number of carboxylic acids is 1. The van der Waals surface area contributed by atoms with Crippen LogP contribution < -0.4 is 9.64 Å². The SMILES string of the molecule is COc1ccccc1N1CC(CC(=O)O)CC1(C)C. The fourth-order valence-corrected chi connectivity index (χ4v) is 3.05. The minimum atomic E-state index is -0.720. The van der Waals surface area contributed by atoms with Gasteiger partial charge in [0, 0.05) is 18.5 Å². The lowest BCUT2D eigenvalue weighted by atomic mass is 9.94. The van der Waals surface area contributed by atoms with Crippen LogP contribution >= 0.6 is 0 Å². The first-order valence-electron chi connectivity index (χ1n) is 6.56. The third-order valence-corrected chi connectivity index (χ3v) is 3.80. The minimum absolute atomic E-state index is 0.0469. The van der Waals surface area contributed by atoms with Crippen molar-refractivity contribution in [2.24, 2.45) is 5.92 Å². The molecular weight excluding hydrogens is 242 g/mol. The number of para-hydroxylation sites is 2. The van der Waals surface area contributed by atoms with Crippen molar-refractivity contribution in [3.63, 3.8) is 0 Å². The molecule has 4 heteroatoms. The highest BCUT2D eigenvalue weighted by molar-refractivity contribution is 5.68. The van der Waals surface area contributed by atoms with Crippen LogP contribution in [-0.2, 0) is 4.79 Å². The van der Waals surface area contributed by atoms with E-state index in [4.69, 9.17) is 9.84 Å². The Kier molecular flexibility index (Phi) is 3.69. The molecule has 0 aliphatic carbocycles. The Morgan fingerprint density at radius 3 is 2.79 bits per heavy atom. The smallest absolute Gasteiger partial charge is 0.303 e. The molecule has 104 valence electrons. The minimum Gasteiger partial charge on any atom is -0.495 e. The average molecular weight is 263 g/mol. The number of methoxy groups -OCH3 is 1. The zero-order chi connectivity index (χ0) is 14.0. The summed E-state index contributed by atoms with van der Waals surface area (Å²) < 4.78 is 5.41. The Bertz CT molecular complexity index is 470. The zero-order valence-corrected chi connectivity index (χ0v) is 11.7. The molecule has 1 atom stereocenters. The van der Waals surface area contributed by atoms with Crippen LogP contribution in [0.1, 0.15) is 26.7 Å². The van der Waals surface area contributed by atoms with Crippen molar-refractivity contribution in [1.29, 1.82) is 0 Å². The summed E-state index contributed by atoms with van der Waals surface area (Å²) in [6.07, 6.45) is 1.12. The monoisotopic (exact) mass is 263 g/mol. The van der Waals surface area contributed by atoms with E-state index in [1.165, 1.54) is 0 Å². The molecule has 1 aliphatic heterocycles. The zero-order valence-electron chi connectivity index (χ0n) is 11.7. The lowest BCUT2D eigenvalue weighted by Gasteiger charge is -2.34. The Morgan fingerprint density at radius 2 is 2.16 bits per heavy atom. The summed E-state index contributed by atoms with van der Waals surface area (Å²) in [6.45, 7) is 5.07. The Morgan fingerprint density at radius 1 is 1.47 bits per heavy atom. The lowest BCUT2D eigenvalue weighted by molar-refractivity contribution is -0.137. The second kappa shape index (κ2) is 5.11. The Balaban J connectivity index is 2.26. The standard InChI is InChI=1S/C15H21NO3/c1-15(2)9-11(8-14(17)18)10-16(15)12-6-4-5-7-13(12)19-3/h4-7,11H,8-10H2,1-3H3,(H,17,18). The quantitative estimate of drug-likeness (QED) is 0.907. The van der Waals surface area contributed by atoms with Crippen LogP contribution in [0.5, 0.6) is 5.75 Å². The van der Waals surface area contributed by atoms with Gasteiger partial charge in [-0.3, -0.25) is 4.79 Å². The molecule has 0 spiro atoms. The van der Waals surface area contributed by atoms with Crippen molar-refractivity contribution in [2.75, 3.05) is 18.6 Å². The Hall–Kier alpha value is -1.71. The van der Waals surface area contributed by atoms with Gasteiger partial charge < -0.3 is 14.7 Å². The summed E-state index contributed by atoms with van der Waals surface area (Å²) in [5.74, 6) is 0.312. The predicted molar refractivity (Wildman–Crippen MR) is 74.8 cm³/mol. The van der Waals surface area contributed by atoms with Gasteiger partial charge in [-0.05, 0) is 38.3 Å². The van der Waals surface area contributed by atoms with Gasteiger partial charge in [0.2, 0.25) is 0 Å². The van der Waals surface area contributed by atoms with Crippen molar-refractivity contribution in [1.82, 2.24) is 0 Å². The molecule has 0 aromatic heterocycles. The van der Waals surface area contributed by atoms with E-state index in [2.05, 4.69) is 18.7 Å². The number of benzene rings is 1. The van der Waals surface area contributed by atoms with Gasteiger partial charge in [-0.1, -0.05) is 12.1 Å². The van der Waals surface area contributed by atoms with Gasteiger partial charge in [0.05, 0.1) is 12.8 Å². The number of carboxylic acid groups (broad SMARTS) is 1. The maximum atomic E-state index is 10.9. The number of anilines is 1. The third-order valence-electron chi connectivity index (χ3n) is 3.80. The topological polar surface area (TPSA) is 49.8 Å². The molecule has 4 nitrogen and oxygen atoms in total. The molecule has 1 N–H and O–H groups in total. The second-order valence-electron chi connectivity index (χ2n) is 5.76. The molecule has 19 heavy (non-hydrogen) atoms. The molecule has 1 aromatic rings. The van der Waals surface area contributed by atoms with Crippen molar-refractivity contribution < 1.29 is 14.6 Å². The average Bonchev–Trinajstić information content (AvgIpc) is 2.63. The van der Waals surface area contributed by atoms with Crippen LogP contribution in [0.15, 0.2) is 24.3 Å². The second-order valence-corrected chi connectivity index (χ2v) is 5.76. The van der Waals surface area contributed by atoms with Crippen molar-refractivity contribution in [3.05, 3.63) is 24.3 Å². The van der Waals surface area contributed by atoms with Gasteiger partial charge in [-0.2, -0.15) is 0 Å². The van der Waals surface area contributed by atoms with Gasteiger partial charge in [0.25, 0.3) is 0 Å². The number of carbonyl (C=O) groups is 1. The lowest BCUT2D eigenvalue weighted by Crippen LogP contribution is -2.38. The summed E-state index contributed by atoms with van der Waals surface area (Å²) in [7, 11) is 1.66. The number of ether oxygens (including phenoxy) is 1. The molecule has 1 aromatic carbocycles. The first kappa shape index (κ1) is 13.7. The van der Waals surface area contributed by atoms with E-state index < -0.39 is 5.97 Å². The first-order valence-corrected chi connectivity index (χ1v) is 6.56. The van der Waals surface area contributed by atoms with Gasteiger partial charge in [0.15, 0.2) is 0 Å². The van der Waals surface area contributed by atoms with Crippen LogP contribution in [0, 0.1) is 5.92 Å². The van der Waals surface area contributed by atoms with E-state index in [0.717, 1.165) is 24.4 Å². The number of rotatable bonds is 4. The number of hydrogen-bond donors (Lipinski definition) is 1. The van der Waals surface area contributed by atoms with E-state index in [0.29, 0.717) is 0 Å². The molecule has 1 aliphatic rings. The van der Waals surface area contributed by atoms with Crippen LogP contribution in [0.25, 0.3) is 0 Å². The van der Waals surface area contributed by atoms with E-state index in [-0.39, 0.29) is 17.9 Å². The Labute approximate surface area is 114 Å². The van der Waals surface area contributed by atoms with Gasteiger partial charge in [-0.15, -0.1) is 0 Å². The van der Waals surface area contributed by atoms with Crippen LogP contribution in [0.2, 0.25) is 0 Å². The molecule has 0 bridgehead atoms. The van der Waals surface area contributed by atoms with Gasteiger partial charge in [0.1, 0.15) is 5.75 Å². The normalized spacial score (nSPS) is 21.4. The fourth-order valence-electron chi connectivity index (χ4n) is 3.05. The van der Waals surface area contributed by atoms with Crippen molar-refractivity contribution in [2.45, 2.75) is 32.2 Å². The van der Waals surface area contributed by atoms with Crippen LogP contribution in [-0.4, -0.2) is 30.3 Å². The van der Waals surface area contributed by atoms with E-state index >= 15 is 0 Å². The maximum absolute atomic E-state index is 10.9. The van der Waals surface area contributed by atoms with E-state index in [9.17, 15) is 4.79 Å². The number of aliphatic carboxylic acids is 1. The molecular formula is C15H21NO3. The highest BCUT2D eigenvalue weighted by Gasteiger charge is 2.40. The van der Waals surface area contributed by atoms with Crippen LogP contribution in [0.4, 0.5) is 5.69 Å².